The van der Waals surface area contributed by atoms with Crippen LogP contribution in [0.15, 0.2) is 42.5 Å². The fraction of sp³-hybridized carbons (Fsp3) is 0.316. The molecule has 1 atom stereocenters. The Morgan fingerprint density at radius 3 is 2.96 bits per heavy atom. The number of carbonyl (C=O) groups is 1. The van der Waals surface area contributed by atoms with Crippen LogP contribution in [0.5, 0.6) is 5.75 Å². The lowest BCUT2D eigenvalue weighted by atomic mass is 10.1. The van der Waals surface area contributed by atoms with E-state index in [1.165, 1.54) is 0 Å². The van der Waals surface area contributed by atoms with Gasteiger partial charge in [-0.2, -0.15) is 0 Å². The van der Waals surface area contributed by atoms with Crippen LogP contribution in [0.4, 0.5) is 5.69 Å². The molecule has 126 valence electrons. The van der Waals surface area contributed by atoms with Crippen molar-refractivity contribution in [1.29, 1.82) is 0 Å². The third-order valence-electron chi connectivity index (χ3n) is 3.99. The lowest BCUT2D eigenvalue weighted by Gasteiger charge is -2.13. The molecule has 1 saturated heterocycles. The van der Waals surface area contributed by atoms with Gasteiger partial charge in [-0.3, -0.25) is 4.79 Å². The second kappa shape index (κ2) is 7.69. The summed E-state index contributed by atoms with van der Waals surface area (Å²) in [4.78, 5) is 12.4. The summed E-state index contributed by atoms with van der Waals surface area (Å²) in [5.41, 5.74) is 2.21. The number of halogens is 1. The Hall–Kier alpha value is -2.04. The van der Waals surface area contributed by atoms with Gasteiger partial charge in [-0.05, 0) is 61.7 Å². The standard InChI is InChI=1S/C19H20ClNO3/c1-13-10-15(20)7-8-18(13)21-19(22)14-4-2-5-16(11-14)24-12-17-6-3-9-23-17/h2,4-5,7-8,10-11,17H,3,6,9,12H2,1H3,(H,21,22). The summed E-state index contributed by atoms with van der Waals surface area (Å²) in [6.07, 6.45) is 2.26. The highest BCUT2D eigenvalue weighted by atomic mass is 35.5. The van der Waals surface area contributed by atoms with E-state index in [0.29, 0.717) is 22.9 Å². The number of ether oxygens (including phenoxy) is 2. The summed E-state index contributed by atoms with van der Waals surface area (Å²) >= 11 is 5.94. The summed E-state index contributed by atoms with van der Waals surface area (Å²) in [6.45, 7) is 3.22. The van der Waals surface area contributed by atoms with E-state index >= 15 is 0 Å². The van der Waals surface area contributed by atoms with Crippen molar-refractivity contribution in [2.75, 3.05) is 18.5 Å². The van der Waals surface area contributed by atoms with Gasteiger partial charge >= 0.3 is 0 Å². The molecule has 24 heavy (non-hydrogen) atoms. The van der Waals surface area contributed by atoms with Gasteiger partial charge in [-0.15, -0.1) is 0 Å². The Labute approximate surface area is 146 Å². The molecule has 1 unspecified atom stereocenters. The summed E-state index contributed by atoms with van der Waals surface area (Å²) in [5.74, 6) is 0.494. The van der Waals surface area contributed by atoms with E-state index in [1.54, 1.807) is 24.3 Å². The van der Waals surface area contributed by atoms with Crippen molar-refractivity contribution in [1.82, 2.24) is 0 Å². The Morgan fingerprint density at radius 1 is 1.33 bits per heavy atom. The Kier molecular flexibility index (Phi) is 5.38. The van der Waals surface area contributed by atoms with Crippen molar-refractivity contribution in [3.63, 3.8) is 0 Å². The predicted molar refractivity (Wildman–Crippen MR) is 95.1 cm³/mol. The zero-order valence-electron chi connectivity index (χ0n) is 13.5. The highest BCUT2D eigenvalue weighted by Crippen LogP contribution is 2.22. The molecule has 4 nitrogen and oxygen atoms in total. The zero-order chi connectivity index (χ0) is 16.9. The van der Waals surface area contributed by atoms with Crippen molar-refractivity contribution >= 4 is 23.2 Å². The lowest BCUT2D eigenvalue weighted by Crippen LogP contribution is -2.17. The smallest absolute Gasteiger partial charge is 0.255 e. The first-order valence-electron chi connectivity index (χ1n) is 8.04. The van der Waals surface area contributed by atoms with Gasteiger partial charge in [-0.1, -0.05) is 17.7 Å². The Morgan fingerprint density at radius 2 is 2.21 bits per heavy atom. The molecule has 2 aromatic carbocycles. The average molecular weight is 346 g/mol. The number of aryl methyl sites for hydroxylation is 1. The molecule has 1 amide bonds. The molecule has 1 aliphatic heterocycles. The van der Waals surface area contributed by atoms with Crippen molar-refractivity contribution < 1.29 is 14.3 Å². The van der Waals surface area contributed by atoms with Crippen LogP contribution in [0.25, 0.3) is 0 Å². The molecule has 0 radical (unpaired) electrons. The minimum Gasteiger partial charge on any atom is -0.491 e. The number of carbonyl (C=O) groups excluding carboxylic acids is 1. The second-order valence-corrected chi connectivity index (χ2v) is 6.32. The van der Waals surface area contributed by atoms with Crippen LogP contribution in [0.2, 0.25) is 5.02 Å². The molecule has 5 heteroatoms. The lowest BCUT2D eigenvalue weighted by molar-refractivity contribution is 0.0679. The van der Waals surface area contributed by atoms with E-state index in [4.69, 9.17) is 21.1 Å². The van der Waals surface area contributed by atoms with Crippen LogP contribution in [0.1, 0.15) is 28.8 Å². The van der Waals surface area contributed by atoms with Crippen LogP contribution in [-0.2, 0) is 4.74 Å². The Balaban J connectivity index is 1.65. The average Bonchev–Trinajstić information content (AvgIpc) is 3.09. The molecule has 0 saturated carbocycles. The molecule has 3 rings (SSSR count). The summed E-state index contributed by atoms with van der Waals surface area (Å²) < 4.78 is 11.3. The summed E-state index contributed by atoms with van der Waals surface area (Å²) in [6, 6.07) is 12.5. The number of amides is 1. The van der Waals surface area contributed by atoms with Gasteiger partial charge in [0.05, 0.1) is 6.10 Å². The number of hydrogen-bond donors (Lipinski definition) is 1. The van der Waals surface area contributed by atoms with E-state index in [0.717, 1.165) is 30.7 Å². The van der Waals surface area contributed by atoms with E-state index in [1.807, 2.05) is 25.1 Å². The first-order valence-corrected chi connectivity index (χ1v) is 8.41. The van der Waals surface area contributed by atoms with Gasteiger partial charge in [-0.25, -0.2) is 0 Å². The first kappa shape index (κ1) is 16.8. The normalized spacial score (nSPS) is 16.8. The van der Waals surface area contributed by atoms with Gasteiger partial charge < -0.3 is 14.8 Å². The topological polar surface area (TPSA) is 47.6 Å². The molecule has 0 spiro atoms. The van der Waals surface area contributed by atoms with Gasteiger partial charge in [0, 0.05) is 22.9 Å². The summed E-state index contributed by atoms with van der Waals surface area (Å²) in [5, 5.41) is 3.55. The maximum atomic E-state index is 12.4. The molecule has 1 N–H and O–H groups in total. The molecule has 0 aliphatic carbocycles. The van der Waals surface area contributed by atoms with E-state index < -0.39 is 0 Å². The predicted octanol–water partition coefficient (Wildman–Crippen LogP) is 4.46. The molecule has 2 aromatic rings. The highest BCUT2D eigenvalue weighted by Gasteiger charge is 2.16. The maximum Gasteiger partial charge on any atom is 0.255 e. The monoisotopic (exact) mass is 345 g/mol. The largest absolute Gasteiger partial charge is 0.491 e. The van der Waals surface area contributed by atoms with Crippen LogP contribution >= 0.6 is 11.6 Å². The van der Waals surface area contributed by atoms with Crippen LogP contribution in [0.3, 0.4) is 0 Å². The number of hydrogen-bond acceptors (Lipinski definition) is 3. The Bertz CT molecular complexity index is 726. The highest BCUT2D eigenvalue weighted by molar-refractivity contribution is 6.30. The fourth-order valence-corrected chi connectivity index (χ4v) is 2.88. The molecule has 0 aromatic heterocycles. The van der Waals surface area contributed by atoms with E-state index in [2.05, 4.69) is 5.32 Å². The quantitative estimate of drug-likeness (QED) is 0.870. The van der Waals surface area contributed by atoms with Crippen molar-refractivity contribution in [2.24, 2.45) is 0 Å². The third-order valence-corrected chi connectivity index (χ3v) is 4.23. The maximum absolute atomic E-state index is 12.4. The molecule has 0 bridgehead atoms. The molecule has 1 aliphatic rings. The minimum absolute atomic E-state index is 0.152. The number of anilines is 1. The summed E-state index contributed by atoms with van der Waals surface area (Å²) in [7, 11) is 0. The second-order valence-electron chi connectivity index (χ2n) is 5.89. The van der Waals surface area contributed by atoms with Crippen LogP contribution in [-0.4, -0.2) is 25.2 Å². The number of benzene rings is 2. The minimum atomic E-state index is -0.178. The molecule has 1 heterocycles. The molecular weight excluding hydrogens is 326 g/mol. The van der Waals surface area contributed by atoms with Crippen LogP contribution in [0, 0.1) is 6.92 Å². The van der Waals surface area contributed by atoms with Gasteiger partial charge in [0.15, 0.2) is 0 Å². The van der Waals surface area contributed by atoms with E-state index in [9.17, 15) is 4.79 Å². The number of rotatable bonds is 5. The third kappa shape index (κ3) is 4.28. The first-order chi connectivity index (χ1) is 11.6. The van der Waals surface area contributed by atoms with Gasteiger partial charge in [0.1, 0.15) is 12.4 Å². The van der Waals surface area contributed by atoms with Gasteiger partial charge in [0.25, 0.3) is 5.91 Å². The fourth-order valence-electron chi connectivity index (χ4n) is 2.65. The zero-order valence-corrected chi connectivity index (χ0v) is 14.3. The molecule has 1 fully saturated rings. The SMILES string of the molecule is Cc1cc(Cl)ccc1NC(=O)c1cccc(OCC2CCCO2)c1. The van der Waals surface area contributed by atoms with Gasteiger partial charge in [0.2, 0.25) is 0 Å². The van der Waals surface area contributed by atoms with Crippen molar-refractivity contribution in [3.05, 3.63) is 58.6 Å². The van der Waals surface area contributed by atoms with Crippen LogP contribution < -0.4 is 10.1 Å². The van der Waals surface area contributed by atoms with E-state index in [-0.39, 0.29) is 12.0 Å². The molecular formula is C19H20ClNO3. The number of nitrogens with one attached hydrogen (secondary N) is 1. The van der Waals surface area contributed by atoms with Crippen molar-refractivity contribution in [2.45, 2.75) is 25.9 Å². The van der Waals surface area contributed by atoms with Crippen molar-refractivity contribution in [3.8, 4) is 5.75 Å².